The molecule has 0 radical (unpaired) electrons. The quantitative estimate of drug-likeness (QED) is 0.660. The van der Waals surface area contributed by atoms with Gasteiger partial charge in [-0.25, -0.2) is 0 Å². The van der Waals surface area contributed by atoms with Gasteiger partial charge in [0, 0.05) is 5.56 Å². The summed E-state index contributed by atoms with van der Waals surface area (Å²) in [5.41, 5.74) is 6.89. The Balaban J connectivity index is 2.12. The average Bonchev–Trinajstić information content (AvgIpc) is 2.44. The van der Waals surface area contributed by atoms with Crippen molar-refractivity contribution in [2.45, 2.75) is 13.8 Å². The zero-order valence-electron chi connectivity index (χ0n) is 11.8. The Bertz CT molecular complexity index is 636. The Morgan fingerprint density at radius 3 is 2.65 bits per heavy atom. The summed E-state index contributed by atoms with van der Waals surface area (Å²) in [4.78, 5) is 0. The molecule has 0 saturated carbocycles. The molecule has 0 unspecified atom stereocenters. The number of methoxy groups -OCH3 is 1. The minimum absolute atomic E-state index is 0.0839. The molecule has 2 aromatic rings. The van der Waals surface area contributed by atoms with Crippen molar-refractivity contribution in [3.63, 3.8) is 0 Å². The highest BCUT2D eigenvalue weighted by molar-refractivity contribution is 5.85. The van der Waals surface area contributed by atoms with Gasteiger partial charge in [-0.05, 0) is 49.2 Å². The number of nitrogens with one attached hydrogen (secondary N) is 1. The fraction of sp³-hybridized carbons (Fsp3) is 0.188. The van der Waals surface area contributed by atoms with Crippen LogP contribution in [-0.2, 0) is 0 Å². The van der Waals surface area contributed by atoms with Crippen LogP contribution in [0.3, 0.4) is 0 Å². The third-order valence-electron chi connectivity index (χ3n) is 3.15. The molecule has 20 heavy (non-hydrogen) atoms. The molecule has 0 aliphatic rings. The number of hydrogen-bond donors (Lipinski definition) is 2. The molecule has 4 nitrogen and oxygen atoms in total. The van der Waals surface area contributed by atoms with Crippen LogP contribution in [0.1, 0.15) is 16.7 Å². The molecule has 2 rings (SSSR count). The maximum absolute atomic E-state index is 9.92. The number of phenolic OH excluding ortho intramolecular Hbond substituents is 1. The van der Waals surface area contributed by atoms with Crippen LogP contribution in [-0.4, -0.2) is 18.4 Å². The second-order valence-electron chi connectivity index (χ2n) is 4.57. The number of ether oxygens (including phenoxy) is 1. The lowest BCUT2D eigenvalue weighted by atomic mass is 10.1. The van der Waals surface area contributed by atoms with E-state index in [0.29, 0.717) is 11.3 Å². The van der Waals surface area contributed by atoms with Crippen molar-refractivity contribution in [1.82, 2.24) is 0 Å². The predicted octanol–water partition coefficient (Wildman–Crippen LogP) is 3.46. The van der Waals surface area contributed by atoms with Crippen LogP contribution in [0.15, 0.2) is 41.5 Å². The second kappa shape index (κ2) is 6.10. The summed E-state index contributed by atoms with van der Waals surface area (Å²) in [6.07, 6.45) is 1.56. The van der Waals surface area contributed by atoms with Gasteiger partial charge in [0.2, 0.25) is 0 Å². The number of rotatable bonds is 4. The zero-order chi connectivity index (χ0) is 14.5. The van der Waals surface area contributed by atoms with Crippen molar-refractivity contribution < 1.29 is 9.84 Å². The first-order chi connectivity index (χ1) is 9.61. The maximum atomic E-state index is 9.92. The van der Waals surface area contributed by atoms with Gasteiger partial charge in [0.05, 0.1) is 19.0 Å². The van der Waals surface area contributed by atoms with E-state index in [1.165, 1.54) is 18.2 Å². The average molecular weight is 270 g/mol. The molecule has 0 amide bonds. The van der Waals surface area contributed by atoms with E-state index < -0.39 is 0 Å². The number of phenols is 1. The summed E-state index contributed by atoms with van der Waals surface area (Å²) in [7, 11) is 1.52. The number of benzene rings is 2. The topological polar surface area (TPSA) is 53.8 Å². The first-order valence-electron chi connectivity index (χ1n) is 6.34. The van der Waals surface area contributed by atoms with E-state index in [9.17, 15) is 5.11 Å². The van der Waals surface area contributed by atoms with E-state index in [0.717, 1.165) is 5.69 Å². The molecule has 2 N–H and O–H groups in total. The fourth-order valence-electron chi connectivity index (χ4n) is 1.80. The van der Waals surface area contributed by atoms with Crippen molar-refractivity contribution in [3.05, 3.63) is 53.1 Å². The molecule has 0 spiro atoms. The zero-order valence-corrected chi connectivity index (χ0v) is 11.8. The van der Waals surface area contributed by atoms with E-state index in [2.05, 4.69) is 24.4 Å². The van der Waals surface area contributed by atoms with Crippen LogP contribution < -0.4 is 10.2 Å². The van der Waals surface area contributed by atoms with E-state index in [4.69, 9.17) is 4.74 Å². The minimum Gasteiger partial charge on any atom is -0.504 e. The molecular weight excluding hydrogens is 252 g/mol. The van der Waals surface area contributed by atoms with Gasteiger partial charge >= 0.3 is 0 Å². The summed E-state index contributed by atoms with van der Waals surface area (Å²) < 4.78 is 5.05. The van der Waals surface area contributed by atoms with Crippen molar-refractivity contribution >= 4 is 11.9 Å². The van der Waals surface area contributed by atoms with Crippen molar-refractivity contribution in [1.29, 1.82) is 0 Å². The minimum atomic E-state index is 0.0839. The standard InChI is InChI=1S/C16H18N2O2/c1-11-7-8-14(9-12(11)2)18-17-10-13-5-4-6-15(20-3)16(13)19/h4-10,18-19H,1-3H3. The van der Waals surface area contributed by atoms with Gasteiger partial charge in [0.25, 0.3) is 0 Å². The fourth-order valence-corrected chi connectivity index (χ4v) is 1.80. The first kappa shape index (κ1) is 13.9. The third-order valence-corrected chi connectivity index (χ3v) is 3.15. The van der Waals surface area contributed by atoms with Crippen LogP contribution in [0.25, 0.3) is 0 Å². The molecule has 104 valence electrons. The first-order valence-corrected chi connectivity index (χ1v) is 6.34. The molecular formula is C16H18N2O2. The van der Waals surface area contributed by atoms with Gasteiger partial charge in [0.15, 0.2) is 11.5 Å². The van der Waals surface area contributed by atoms with Crippen LogP contribution in [0, 0.1) is 13.8 Å². The number of hydrogen-bond acceptors (Lipinski definition) is 4. The van der Waals surface area contributed by atoms with Crippen molar-refractivity contribution in [2.24, 2.45) is 5.10 Å². The van der Waals surface area contributed by atoms with Gasteiger partial charge in [-0.1, -0.05) is 12.1 Å². The normalized spacial score (nSPS) is 10.8. The molecule has 0 fully saturated rings. The van der Waals surface area contributed by atoms with Gasteiger partial charge in [-0.2, -0.15) is 5.10 Å². The van der Waals surface area contributed by atoms with Gasteiger partial charge in [0.1, 0.15) is 0 Å². The largest absolute Gasteiger partial charge is 0.504 e. The summed E-state index contributed by atoms with van der Waals surface area (Å²) >= 11 is 0. The molecule has 2 aromatic carbocycles. The Hall–Kier alpha value is -2.49. The van der Waals surface area contributed by atoms with Crippen LogP contribution >= 0.6 is 0 Å². The molecule has 0 aromatic heterocycles. The molecule has 4 heteroatoms. The van der Waals surface area contributed by atoms with Gasteiger partial charge < -0.3 is 9.84 Å². The Morgan fingerprint density at radius 2 is 1.95 bits per heavy atom. The summed E-state index contributed by atoms with van der Waals surface area (Å²) in [5, 5.41) is 14.1. The van der Waals surface area contributed by atoms with E-state index >= 15 is 0 Å². The van der Waals surface area contributed by atoms with Crippen molar-refractivity contribution in [2.75, 3.05) is 12.5 Å². The molecule has 0 atom stereocenters. The van der Waals surface area contributed by atoms with Crippen LogP contribution in [0.2, 0.25) is 0 Å². The number of para-hydroxylation sites is 1. The van der Waals surface area contributed by atoms with E-state index in [1.54, 1.807) is 24.4 Å². The highest BCUT2D eigenvalue weighted by atomic mass is 16.5. The molecule has 0 bridgehead atoms. The van der Waals surface area contributed by atoms with E-state index in [1.807, 2.05) is 18.2 Å². The second-order valence-corrected chi connectivity index (χ2v) is 4.57. The predicted molar refractivity (Wildman–Crippen MR) is 81.8 cm³/mol. The smallest absolute Gasteiger partial charge is 0.166 e. The molecule has 0 heterocycles. The molecule has 0 saturated heterocycles. The monoisotopic (exact) mass is 270 g/mol. The number of aromatic hydroxyl groups is 1. The van der Waals surface area contributed by atoms with Crippen molar-refractivity contribution in [3.8, 4) is 11.5 Å². The number of nitrogens with zero attached hydrogens (tertiary/aromatic N) is 1. The Kier molecular flexibility index (Phi) is 4.25. The Morgan fingerprint density at radius 1 is 1.15 bits per heavy atom. The lowest BCUT2D eigenvalue weighted by molar-refractivity contribution is 0.373. The summed E-state index contributed by atoms with van der Waals surface area (Å²) in [5.74, 6) is 0.515. The third kappa shape index (κ3) is 3.09. The lowest BCUT2D eigenvalue weighted by Gasteiger charge is -2.06. The van der Waals surface area contributed by atoms with Crippen LogP contribution in [0.4, 0.5) is 5.69 Å². The summed E-state index contributed by atoms with van der Waals surface area (Å²) in [6.45, 7) is 4.12. The molecule has 0 aliphatic carbocycles. The number of anilines is 1. The number of aryl methyl sites for hydroxylation is 2. The SMILES string of the molecule is COc1cccc(C=NNc2ccc(C)c(C)c2)c1O. The highest BCUT2D eigenvalue weighted by Crippen LogP contribution is 2.28. The van der Waals surface area contributed by atoms with Gasteiger partial charge in [-0.15, -0.1) is 0 Å². The van der Waals surface area contributed by atoms with Crippen LogP contribution in [0.5, 0.6) is 11.5 Å². The maximum Gasteiger partial charge on any atom is 0.166 e. The van der Waals surface area contributed by atoms with Gasteiger partial charge in [-0.3, -0.25) is 5.43 Å². The van der Waals surface area contributed by atoms with E-state index in [-0.39, 0.29) is 5.75 Å². The molecule has 0 aliphatic heterocycles. The number of hydrazone groups is 1. The highest BCUT2D eigenvalue weighted by Gasteiger charge is 2.04. The Labute approximate surface area is 118 Å². The summed E-state index contributed by atoms with van der Waals surface area (Å²) in [6, 6.07) is 11.3. The lowest BCUT2D eigenvalue weighted by Crippen LogP contribution is -1.93.